The summed E-state index contributed by atoms with van der Waals surface area (Å²) < 4.78 is 3.45. The van der Waals surface area contributed by atoms with Crippen LogP contribution in [0, 0.1) is 6.92 Å². The molecular weight excluding hydrogens is 202 g/mol. The van der Waals surface area contributed by atoms with Crippen LogP contribution in [0.3, 0.4) is 0 Å². The van der Waals surface area contributed by atoms with E-state index in [2.05, 4.69) is 45.6 Å². The number of hydrogen-bond donors (Lipinski definition) is 0. The predicted octanol–water partition coefficient (Wildman–Crippen LogP) is 3.01. The maximum atomic E-state index is 3.45. The molecule has 0 N–H and O–H groups in total. The molecule has 11 heavy (non-hydrogen) atoms. The molecule has 0 aliphatic carbocycles. The number of benzene rings is 1. The first-order chi connectivity index (χ1) is 5.29. The van der Waals surface area contributed by atoms with Crippen molar-refractivity contribution in [3.05, 3.63) is 28.4 Å². The Morgan fingerprint density at radius 2 is 2.18 bits per heavy atom. The smallest absolute Gasteiger partial charge is 0.0749 e. The van der Waals surface area contributed by atoms with Gasteiger partial charge in [-0.1, -0.05) is 15.9 Å². The van der Waals surface area contributed by atoms with Gasteiger partial charge in [-0.3, -0.25) is 0 Å². The van der Waals surface area contributed by atoms with E-state index in [0.717, 1.165) is 0 Å². The average Bonchev–Trinajstić information content (AvgIpc) is 2.52. The minimum Gasteiger partial charge on any atom is -0.309 e. The summed E-state index contributed by atoms with van der Waals surface area (Å²) in [5, 5.41) is 1.40. The van der Waals surface area contributed by atoms with Crippen molar-refractivity contribution in [2.24, 2.45) is 0 Å². The van der Waals surface area contributed by atoms with E-state index in [4.69, 9.17) is 0 Å². The van der Waals surface area contributed by atoms with E-state index in [-0.39, 0.29) is 0 Å². The van der Waals surface area contributed by atoms with E-state index in [1.165, 1.54) is 26.8 Å². The zero-order valence-corrected chi connectivity index (χ0v) is 7.64. The van der Waals surface area contributed by atoms with Gasteiger partial charge in [-0.05, 0) is 25.1 Å². The van der Waals surface area contributed by atoms with Gasteiger partial charge in [-0.15, -0.1) is 0 Å². The molecular formula is C9H6BrN. The first-order valence-electron chi connectivity index (χ1n) is 3.60. The Hall–Kier alpha value is -0.760. The molecule has 0 fully saturated rings. The fourth-order valence-corrected chi connectivity index (χ4v) is 2.07. The lowest BCUT2D eigenvalue weighted by Crippen LogP contribution is -1.86. The summed E-state index contributed by atoms with van der Waals surface area (Å²) in [6.45, 7) is 2.16. The van der Waals surface area contributed by atoms with Crippen LogP contribution in [0.1, 0.15) is 5.69 Å². The third-order valence-electron chi connectivity index (χ3n) is 2.31. The Morgan fingerprint density at radius 1 is 1.36 bits per heavy atom. The Bertz CT molecular complexity index is 468. The van der Waals surface area contributed by atoms with E-state index >= 15 is 0 Å². The standard InChI is InChI=1S/C9H6BrN/c1-5-9-7-4-6(10)2-3-8(7)11(5)9/h2-4H,1H3. The highest BCUT2D eigenvalue weighted by Crippen LogP contribution is 2.44. The van der Waals surface area contributed by atoms with Gasteiger partial charge < -0.3 is 4.57 Å². The van der Waals surface area contributed by atoms with E-state index in [9.17, 15) is 0 Å². The molecule has 1 nitrogen and oxygen atoms in total. The normalized spacial score (nSPS) is 12.5. The third kappa shape index (κ3) is 0.530. The SMILES string of the molecule is Cc1c2c3cc(Br)ccc3n1-2. The molecule has 0 spiro atoms. The van der Waals surface area contributed by atoms with Gasteiger partial charge in [0.05, 0.1) is 11.2 Å². The Kier molecular flexibility index (Phi) is 0.812. The fraction of sp³-hybridized carbons (Fsp3) is 0.111. The molecule has 2 aliphatic heterocycles. The van der Waals surface area contributed by atoms with Gasteiger partial charge in [0.15, 0.2) is 0 Å². The zero-order chi connectivity index (χ0) is 7.59. The van der Waals surface area contributed by atoms with Crippen LogP contribution < -0.4 is 0 Å². The first kappa shape index (κ1) is 5.84. The molecule has 2 aliphatic rings. The number of nitrogens with zero attached hydrogens (tertiary/aromatic N) is 1. The quantitative estimate of drug-likeness (QED) is 0.535. The van der Waals surface area contributed by atoms with Gasteiger partial charge in [-0.2, -0.15) is 0 Å². The number of fused-ring (bicyclic) bond motifs is 4. The summed E-state index contributed by atoms with van der Waals surface area (Å²) in [6, 6.07) is 6.41. The third-order valence-corrected chi connectivity index (χ3v) is 2.80. The highest BCUT2D eigenvalue weighted by atomic mass is 79.9. The molecule has 0 aromatic heterocycles. The van der Waals surface area contributed by atoms with Crippen molar-refractivity contribution >= 4 is 26.8 Å². The molecule has 2 heterocycles. The lowest BCUT2D eigenvalue weighted by atomic mass is 10.2. The van der Waals surface area contributed by atoms with E-state index in [0.29, 0.717) is 0 Å². The highest BCUT2D eigenvalue weighted by Gasteiger charge is 2.28. The van der Waals surface area contributed by atoms with Crippen molar-refractivity contribution < 1.29 is 0 Å². The number of hydrogen-bond acceptors (Lipinski definition) is 0. The summed E-state index contributed by atoms with van der Waals surface area (Å²) in [5.41, 5.74) is 4.21. The molecule has 0 unspecified atom stereocenters. The monoisotopic (exact) mass is 207 g/mol. The van der Waals surface area contributed by atoms with Crippen molar-refractivity contribution in [1.82, 2.24) is 4.57 Å². The molecule has 2 heteroatoms. The van der Waals surface area contributed by atoms with Crippen LogP contribution in [-0.2, 0) is 0 Å². The molecule has 54 valence electrons. The topological polar surface area (TPSA) is 4.93 Å². The lowest BCUT2D eigenvalue weighted by Gasteiger charge is -2.03. The second-order valence-corrected chi connectivity index (χ2v) is 3.85. The number of aromatic nitrogens is 1. The maximum absolute atomic E-state index is 3.45. The minimum absolute atomic E-state index is 1.17. The minimum atomic E-state index is 1.17. The van der Waals surface area contributed by atoms with Gasteiger partial charge in [0.25, 0.3) is 0 Å². The summed E-state index contributed by atoms with van der Waals surface area (Å²) in [5.74, 6) is 0. The van der Waals surface area contributed by atoms with Crippen LogP contribution in [0.4, 0.5) is 0 Å². The molecule has 0 saturated heterocycles. The van der Waals surface area contributed by atoms with Gasteiger partial charge in [0, 0.05) is 15.6 Å². The van der Waals surface area contributed by atoms with E-state index in [1.54, 1.807) is 0 Å². The van der Waals surface area contributed by atoms with Crippen molar-refractivity contribution in [3.8, 4) is 5.69 Å². The zero-order valence-electron chi connectivity index (χ0n) is 6.06. The van der Waals surface area contributed by atoms with Gasteiger partial charge in [0.2, 0.25) is 0 Å². The molecule has 1 aromatic rings. The van der Waals surface area contributed by atoms with Gasteiger partial charge in [-0.25, -0.2) is 0 Å². The Morgan fingerprint density at radius 3 is 3.00 bits per heavy atom. The fourth-order valence-electron chi connectivity index (χ4n) is 1.71. The van der Waals surface area contributed by atoms with E-state index < -0.39 is 0 Å². The number of rotatable bonds is 0. The van der Waals surface area contributed by atoms with E-state index in [1.807, 2.05) is 0 Å². The molecule has 0 amide bonds. The number of halogens is 1. The molecule has 0 bridgehead atoms. The molecule has 0 atom stereocenters. The molecule has 0 saturated carbocycles. The van der Waals surface area contributed by atoms with Crippen LogP contribution in [-0.4, -0.2) is 4.57 Å². The predicted molar refractivity (Wildman–Crippen MR) is 49.3 cm³/mol. The highest BCUT2D eigenvalue weighted by molar-refractivity contribution is 9.10. The van der Waals surface area contributed by atoms with Crippen molar-refractivity contribution in [2.45, 2.75) is 6.92 Å². The molecule has 1 aromatic carbocycles. The Balaban J connectivity index is 2.49. The van der Waals surface area contributed by atoms with Crippen LogP contribution in [0.2, 0.25) is 0 Å². The van der Waals surface area contributed by atoms with Crippen LogP contribution in [0.25, 0.3) is 16.6 Å². The first-order valence-corrected chi connectivity index (χ1v) is 4.39. The lowest BCUT2D eigenvalue weighted by molar-refractivity contribution is 1.26. The second-order valence-electron chi connectivity index (χ2n) is 2.93. The van der Waals surface area contributed by atoms with Crippen LogP contribution >= 0.6 is 15.9 Å². The number of aryl methyl sites for hydroxylation is 1. The molecule has 3 rings (SSSR count). The summed E-state index contributed by atoms with van der Waals surface area (Å²) in [7, 11) is 0. The second kappa shape index (κ2) is 1.53. The van der Waals surface area contributed by atoms with Gasteiger partial charge in [0.1, 0.15) is 0 Å². The van der Waals surface area contributed by atoms with Crippen molar-refractivity contribution in [3.63, 3.8) is 0 Å². The average molecular weight is 208 g/mol. The van der Waals surface area contributed by atoms with Gasteiger partial charge >= 0.3 is 0 Å². The van der Waals surface area contributed by atoms with Crippen molar-refractivity contribution in [2.75, 3.05) is 0 Å². The Labute approximate surface area is 72.8 Å². The summed E-state index contributed by atoms with van der Waals surface area (Å²) >= 11 is 3.45. The molecule has 0 radical (unpaired) electrons. The summed E-state index contributed by atoms with van der Waals surface area (Å²) in [4.78, 5) is 0. The maximum Gasteiger partial charge on any atom is 0.0749 e. The van der Waals surface area contributed by atoms with Crippen molar-refractivity contribution in [1.29, 1.82) is 0 Å². The van der Waals surface area contributed by atoms with Crippen LogP contribution in [0.5, 0.6) is 0 Å². The largest absolute Gasteiger partial charge is 0.309 e. The van der Waals surface area contributed by atoms with Crippen LogP contribution in [0.15, 0.2) is 22.7 Å². The summed E-state index contributed by atoms with van der Waals surface area (Å²) in [6.07, 6.45) is 0.